The summed E-state index contributed by atoms with van der Waals surface area (Å²) >= 11 is 0. The molecule has 15 heavy (non-hydrogen) atoms. The summed E-state index contributed by atoms with van der Waals surface area (Å²) in [6.07, 6.45) is 3.72. The average Bonchev–Trinajstić information content (AvgIpc) is 1.98. The number of hydrogen-bond donors (Lipinski definition) is 3. The molecule has 0 aromatic rings. The lowest BCUT2D eigenvalue weighted by Crippen LogP contribution is -2.51. The Hall–Kier alpha value is -1.10. The number of primary amides is 1. The first-order valence-corrected chi connectivity index (χ1v) is 5.37. The van der Waals surface area contributed by atoms with Crippen molar-refractivity contribution in [3.63, 3.8) is 0 Å². The highest BCUT2D eigenvalue weighted by molar-refractivity contribution is 5.96. The van der Waals surface area contributed by atoms with Crippen LogP contribution in [0.5, 0.6) is 0 Å². The molecule has 0 bridgehead atoms. The highest BCUT2D eigenvalue weighted by Crippen LogP contribution is 2.29. The molecular formula is C10H19N3O2. The van der Waals surface area contributed by atoms with Crippen molar-refractivity contribution in [1.29, 1.82) is 0 Å². The van der Waals surface area contributed by atoms with E-state index in [2.05, 4.69) is 17.6 Å². The summed E-state index contributed by atoms with van der Waals surface area (Å²) in [5, 5.41) is 5.23. The molecule has 0 aromatic heterocycles. The molecule has 4 N–H and O–H groups in total. The van der Waals surface area contributed by atoms with Gasteiger partial charge in [-0.2, -0.15) is 0 Å². The Bertz CT molecular complexity index is 251. The van der Waals surface area contributed by atoms with Gasteiger partial charge in [-0.1, -0.05) is 6.42 Å². The molecule has 3 amide bonds. The van der Waals surface area contributed by atoms with Crippen molar-refractivity contribution in [2.75, 3.05) is 0 Å². The van der Waals surface area contributed by atoms with Gasteiger partial charge in [-0.15, -0.1) is 0 Å². The second kappa shape index (κ2) is 5.11. The molecule has 5 heteroatoms. The third kappa shape index (κ3) is 3.51. The number of rotatable bonds is 4. The van der Waals surface area contributed by atoms with Crippen LogP contribution in [0.1, 0.15) is 33.1 Å². The molecule has 1 rings (SSSR count). The summed E-state index contributed by atoms with van der Waals surface area (Å²) in [4.78, 5) is 21.8. The van der Waals surface area contributed by atoms with Gasteiger partial charge >= 0.3 is 6.03 Å². The largest absolute Gasteiger partial charge is 0.351 e. The average molecular weight is 213 g/mol. The normalized spacial score (nSPS) is 20.1. The first-order valence-electron chi connectivity index (χ1n) is 5.37. The van der Waals surface area contributed by atoms with Crippen molar-refractivity contribution < 1.29 is 9.59 Å². The summed E-state index contributed by atoms with van der Waals surface area (Å²) in [6.45, 7) is 3.80. The second-order valence-electron chi connectivity index (χ2n) is 4.22. The van der Waals surface area contributed by atoms with Crippen molar-refractivity contribution in [3.8, 4) is 0 Å². The first kappa shape index (κ1) is 12.0. The van der Waals surface area contributed by atoms with Crippen LogP contribution in [0.4, 0.5) is 4.79 Å². The van der Waals surface area contributed by atoms with E-state index in [1.807, 2.05) is 0 Å². The molecule has 0 saturated heterocycles. The molecule has 0 radical (unpaired) electrons. The van der Waals surface area contributed by atoms with Crippen molar-refractivity contribution >= 4 is 11.9 Å². The summed E-state index contributed by atoms with van der Waals surface area (Å²) in [5.41, 5.74) is 4.86. The van der Waals surface area contributed by atoms with Gasteiger partial charge in [0, 0.05) is 6.04 Å². The minimum absolute atomic E-state index is 0.312. The van der Waals surface area contributed by atoms with Crippen LogP contribution in [-0.2, 0) is 4.79 Å². The zero-order valence-electron chi connectivity index (χ0n) is 9.25. The molecule has 2 unspecified atom stereocenters. The maximum atomic E-state index is 11.3. The lowest BCUT2D eigenvalue weighted by Gasteiger charge is -2.33. The molecule has 1 aliphatic carbocycles. The number of hydrogen-bond acceptors (Lipinski definition) is 3. The van der Waals surface area contributed by atoms with Gasteiger partial charge in [0.05, 0.1) is 6.04 Å². The van der Waals surface area contributed by atoms with Crippen molar-refractivity contribution in [2.24, 2.45) is 11.7 Å². The van der Waals surface area contributed by atoms with Crippen LogP contribution in [0.15, 0.2) is 0 Å². The second-order valence-corrected chi connectivity index (χ2v) is 4.22. The monoisotopic (exact) mass is 213 g/mol. The van der Waals surface area contributed by atoms with E-state index in [1.165, 1.54) is 19.3 Å². The van der Waals surface area contributed by atoms with Crippen molar-refractivity contribution in [1.82, 2.24) is 10.6 Å². The molecule has 1 saturated carbocycles. The van der Waals surface area contributed by atoms with Gasteiger partial charge in [-0.25, -0.2) is 4.79 Å². The van der Waals surface area contributed by atoms with Gasteiger partial charge < -0.3 is 11.1 Å². The zero-order valence-corrected chi connectivity index (χ0v) is 9.25. The van der Waals surface area contributed by atoms with Gasteiger partial charge in [0.25, 0.3) is 0 Å². The van der Waals surface area contributed by atoms with E-state index in [1.54, 1.807) is 6.92 Å². The Labute approximate surface area is 89.8 Å². The maximum absolute atomic E-state index is 11.3. The van der Waals surface area contributed by atoms with Crippen LogP contribution < -0.4 is 16.4 Å². The molecule has 0 aromatic carbocycles. The van der Waals surface area contributed by atoms with E-state index in [9.17, 15) is 9.59 Å². The van der Waals surface area contributed by atoms with Crippen LogP contribution in [0.25, 0.3) is 0 Å². The molecule has 0 aliphatic heterocycles. The predicted octanol–water partition coefficient (Wildman–Crippen LogP) is 0.348. The Morgan fingerprint density at radius 3 is 2.33 bits per heavy atom. The fourth-order valence-corrected chi connectivity index (χ4v) is 1.78. The molecular weight excluding hydrogens is 194 g/mol. The number of nitrogens with two attached hydrogens (primary N) is 1. The molecule has 0 spiro atoms. The quantitative estimate of drug-likeness (QED) is 0.630. The minimum atomic E-state index is -0.801. The Morgan fingerprint density at radius 2 is 1.93 bits per heavy atom. The highest BCUT2D eigenvalue weighted by Gasteiger charge is 2.26. The van der Waals surface area contributed by atoms with Crippen LogP contribution in [0, 0.1) is 5.92 Å². The number of amides is 3. The maximum Gasteiger partial charge on any atom is 0.318 e. The number of urea groups is 1. The van der Waals surface area contributed by atoms with Crippen molar-refractivity contribution in [3.05, 3.63) is 0 Å². The molecule has 86 valence electrons. The summed E-state index contributed by atoms with van der Waals surface area (Å²) in [5.74, 6) is 0.294. The number of carbonyl (C=O) groups is 2. The van der Waals surface area contributed by atoms with E-state index < -0.39 is 6.03 Å². The molecule has 1 fully saturated rings. The topological polar surface area (TPSA) is 84.2 Å². The lowest BCUT2D eigenvalue weighted by atomic mass is 9.80. The smallest absolute Gasteiger partial charge is 0.318 e. The van der Waals surface area contributed by atoms with Gasteiger partial charge in [0.2, 0.25) is 5.91 Å². The first-order chi connectivity index (χ1) is 7.00. The lowest BCUT2D eigenvalue weighted by molar-refractivity contribution is -0.121. The van der Waals surface area contributed by atoms with Gasteiger partial charge in [0.15, 0.2) is 0 Å². The van der Waals surface area contributed by atoms with Crippen LogP contribution >= 0.6 is 0 Å². The minimum Gasteiger partial charge on any atom is -0.351 e. The van der Waals surface area contributed by atoms with E-state index in [4.69, 9.17) is 5.73 Å². The summed E-state index contributed by atoms with van der Waals surface area (Å²) < 4.78 is 0. The summed E-state index contributed by atoms with van der Waals surface area (Å²) in [6, 6.07) is -0.870. The van der Waals surface area contributed by atoms with E-state index in [0.717, 1.165) is 0 Å². The van der Waals surface area contributed by atoms with Crippen LogP contribution in [0.3, 0.4) is 0 Å². The molecule has 1 aliphatic rings. The fourth-order valence-electron chi connectivity index (χ4n) is 1.78. The molecule has 5 nitrogen and oxygen atoms in total. The fraction of sp³-hybridized carbons (Fsp3) is 0.800. The number of carbonyl (C=O) groups excluding carboxylic acids is 2. The summed E-state index contributed by atoms with van der Waals surface area (Å²) in [7, 11) is 0. The van der Waals surface area contributed by atoms with Gasteiger partial charge in [0.1, 0.15) is 0 Å². The van der Waals surface area contributed by atoms with Crippen molar-refractivity contribution in [2.45, 2.75) is 45.2 Å². The Balaban J connectivity index is 2.29. The van der Waals surface area contributed by atoms with E-state index in [-0.39, 0.29) is 11.9 Å². The van der Waals surface area contributed by atoms with Gasteiger partial charge in [-0.05, 0) is 32.6 Å². The SMILES string of the molecule is CC(NC(C)C1CCC1)C(=O)NC(N)=O. The van der Waals surface area contributed by atoms with E-state index in [0.29, 0.717) is 12.0 Å². The number of imide groups is 1. The third-order valence-electron chi connectivity index (χ3n) is 3.01. The Morgan fingerprint density at radius 1 is 1.33 bits per heavy atom. The molecule has 0 heterocycles. The standard InChI is InChI=1S/C10H19N3O2/c1-6(8-4-3-5-8)12-7(2)9(14)13-10(11)15/h6-8,12H,3-5H2,1-2H3,(H3,11,13,14,15). The van der Waals surface area contributed by atoms with Crippen LogP contribution in [0.2, 0.25) is 0 Å². The Kier molecular flexibility index (Phi) is 4.08. The zero-order chi connectivity index (χ0) is 11.4. The number of nitrogens with one attached hydrogen (secondary N) is 2. The molecule has 2 atom stereocenters. The third-order valence-corrected chi connectivity index (χ3v) is 3.01. The van der Waals surface area contributed by atoms with E-state index >= 15 is 0 Å². The predicted molar refractivity (Wildman–Crippen MR) is 57.1 cm³/mol. The highest BCUT2D eigenvalue weighted by atomic mass is 16.2. The van der Waals surface area contributed by atoms with Gasteiger partial charge in [-0.3, -0.25) is 10.1 Å². The van der Waals surface area contributed by atoms with Crippen LogP contribution in [-0.4, -0.2) is 24.0 Å².